The molecule has 1 amide bonds. The number of aliphatic hydroxyl groups excluding tert-OH is 1. The zero-order valence-electron chi connectivity index (χ0n) is 7.76. The fourth-order valence-corrected chi connectivity index (χ4v) is 0.722. The molecule has 0 spiro atoms. The highest BCUT2D eigenvalue weighted by Crippen LogP contribution is 1.74. The van der Waals surface area contributed by atoms with Crippen molar-refractivity contribution in [3.05, 3.63) is 0 Å². The average Bonchev–Trinajstić information content (AvgIpc) is 2.00. The van der Waals surface area contributed by atoms with Crippen LogP contribution in [0.3, 0.4) is 0 Å². The van der Waals surface area contributed by atoms with Crippen LogP contribution >= 0.6 is 0 Å². The molecule has 1 unspecified atom stereocenters. The van der Waals surface area contributed by atoms with E-state index < -0.39 is 6.10 Å². The Morgan fingerprint density at radius 1 is 1.58 bits per heavy atom. The van der Waals surface area contributed by atoms with Gasteiger partial charge >= 0.3 is 0 Å². The zero-order chi connectivity index (χ0) is 9.40. The first-order chi connectivity index (χ1) is 5.66. The Bertz CT molecular complexity index is 126. The zero-order valence-corrected chi connectivity index (χ0v) is 7.76. The van der Waals surface area contributed by atoms with Crippen LogP contribution in [-0.4, -0.2) is 36.8 Å². The lowest BCUT2D eigenvalue weighted by Crippen LogP contribution is -2.36. The van der Waals surface area contributed by atoms with E-state index >= 15 is 0 Å². The van der Waals surface area contributed by atoms with Gasteiger partial charge in [0, 0.05) is 13.1 Å². The van der Waals surface area contributed by atoms with Gasteiger partial charge in [-0.25, -0.2) is 0 Å². The van der Waals surface area contributed by atoms with Gasteiger partial charge in [-0.2, -0.15) is 0 Å². The summed E-state index contributed by atoms with van der Waals surface area (Å²) in [5.41, 5.74) is 0. The molecule has 12 heavy (non-hydrogen) atoms. The molecule has 4 nitrogen and oxygen atoms in total. The van der Waals surface area contributed by atoms with Gasteiger partial charge in [-0.3, -0.25) is 4.79 Å². The summed E-state index contributed by atoms with van der Waals surface area (Å²) in [6.07, 6.45) is 0.547. The molecule has 0 aliphatic carbocycles. The Kier molecular flexibility index (Phi) is 6.70. The van der Waals surface area contributed by atoms with Gasteiger partial charge in [0.1, 0.15) is 0 Å². The minimum atomic E-state index is -0.399. The summed E-state index contributed by atoms with van der Waals surface area (Å²) < 4.78 is 0. The number of carbonyl (C=O) groups excluding carboxylic acids is 1. The number of aliphatic hydroxyl groups is 1. The van der Waals surface area contributed by atoms with Crippen molar-refractivity contribution in [3.8, 4) is 0 Å². The third-order valence-corrected chi connectivity index (χ3v) is 1.30. The van der Waals surface area contributed by atoms with Gasteiger partial charge < -0.3 is 15.7 Å². The largest absolute Gasteiger partial charge is 0.392 e. The monoisotopic (exact) mass is 174 g/mol. The topological polar surface area (TPSA) is 61.4 Å². The third-order valence-electron chi connectivity index (χ3n) is 1.30. The van der Waals surface area contributed by atoms with E-state index in [1.807, 2.05) is 6.92 Å². The van der Waals surface area contributed by atoms with Crippen LogP contribution in [0.25, 0.3) is 0 Å². The predicted molar refractivity (Wildman–Crippen MR) is 47.9 cm³/mol. The van der Waals surface area contributed by atoms with Crippen molar-refractivity contribution >= 4 is 5.91 Å². The van der Waals surface area contributed by atoms with Crippen LogP contribution in [0.1, 0.15) is 20.3 Å². The number of hydrogen-bond donors (Lipinski definition) is 3. The summed E-state index contributed by atoms with van der Waals surface area (Å²) in [5, 5.41) is 14.4. The molecule has 0 aromatic heterocycles. The van der Waals surface area contributed by atoms with Crippen molar-refractivity contribution < 1.29 is 9.90 Å². The summed E-state index contributed by atoms with van der Waals surface area (Å²) in [6, 6.07) is 0. The lowest BCUT2D eigenvalue weighted by Gasteiger charge is -2.06. The number of hydrogen-bond acceptors (Lipinski definition) is 3. The maximum Gasteiger partial charge on any atom is 0.233 e. The van der Waals surface area contributed by atoms with Crippen molar-refractivity contribution in [2.45, 2.75) is 26.4 Å². The first-order valence-corrected chi connectivity index (χ1v) is 4.32. The molecule has 0 aromatic carbocycles. The van der Waals surface area contributed by atoms with Gasteiger partial charge in [0.15, 0.2) is 0 Å². The molecule has 1 atom stereocenters. The van der Waals surface area contributed by atoms with Crippen molar-refractivity contribution in [2.75, 3.05) is 19.6 Å². The normalized spacial score (nSPS) is 12.6. The molecule has 0 bridgehead atoms. The van der Waals surface area contributed by atoms with Crippen LogP contribution in [-0.2, 0) is 4.79 Å². The van der Waals surface area contributed by atoms with E-state index in [2.05, 4.69) is 10.6 Å². The molecule has 0 radical (unpaired) electrons. The van der Waals surface area contributed by atoms with Crippen LogP contribution in [0, 0.1) is 0 Å². The molecule has 0 rings (SSSR count). The van der Waals surface area contributed by atoms with Gasteiger partial charge in [-0.05, 0) is 13.3 Å². The SMILES string of the molecule is CCCNC(=O)CNCC(C)O. The highest BCUT2D eigenvalue weighted by molar-refractivity contribution is 5.77. The maximum atomic E-state index is 10.9. The van der Waals surface area contributed by atoms with Crippen LogP contribution in [0.5, 0.6) is 0 Å². The van der Waals surface area contributed by atoms with E-state index in [1.165, 1.54) is 0 Å². The Labute approximate surface area is 73.3 Å². The van der Waals surface area contributed by atoms with Gasteiger partial charge in [0.25, 0.3) is 0 Å². The quantitative estimate of drug-likeness (QED) is 0.508. The number of carbonyl (C=O) groups is 1. The number of nitrogens with one attached hydrogen (secondary N) is 2. The third kappa shape index (κ3) is 7.50. The first kappa shape index (κ1) is 11.4. The number of rotatable bonds is 6. The summed E-state index contributed by atoms with van der Waals surface area (Å²) >= 11 is 0. The predicted octanol–water partition coefficient (Wildman–Crippen LogP) is -0.517. The highest BCUT2D eigenvalue weighted by atomic mass is 16.3. The maximum absolute atomic E-state index is 10.9. The molecular weight excluding hydrogens is 156 g/mol. The second-order valence-corrected chi connectivity index (χ2v) is 2.83. The fourth-order valence-electron chi connectivity index (χ4n) is 0.722. The molecule has 0 aromatic rings. The van der Waals surface area contributed by atoms with Gasteiger partial charge in [-0.1, -0.05) is 6.92 Å². The number of amides is 1. The second kappa shape index (κ2) is 7.06. The minimum absolute atomic E-state index is 0.0162. The Hall–Kier alpha value is -0.610. The summed E-state index contributed by atoms with van der Waals surface area (Å²) in [7, 11) is 0. The van der Waals surface area contributed by atoms with E-state index in [9.17, 15) is 4.79 Å². The molecular formula is C8H18N2O2. The van der Waals surface area contributed by atoms with Crippen LogP contribution in [0.4, 0.5) is 0 Å². The van der Waals surface area contributed by atoms with Crippen molar-refractivity contribution in [1.29, 1.82) is 0 Å². The molecule has 0 fully saturated rings. The molecule has 0 heterocycles. The fraction of sp³-hybridized carbons (Fsp3) is 0.875. The van der Waals surface area contributed by atoms with Gasteiger partial charge in [-0.15, -0.1) is 0 Å². The molecule has 3 N–H and O–H groups in total. The lowest BCUT2D eigenvalue weighted by molar-refractivity contribution is -0.120. The Balaban J connectivity index is 3.20. The van der Waals surface area contributed by atoms with Crippen molar-refractivity contribution in [3.63, 3.8) is 0 Å². The van der Waals surface area contributed by atoms with Crippen LogP contribution in [0.15, 0.2) is 0 Å². The van der Waals surface area contributed by atoms with E-state index in [1.54, 1.807) is 6.92 Å². The summed E-state index contributed by atoms with van der Waals surface area (Å²) in [6.45, 7) is 5.14. The summed E-state index contributed by atoms with van der Waals surface area (Å²) in [4.78, 5) is 10.9. The van der Waals surface area contributed by atoms with Crippen LogP contribution in [0.2, 0.25) is 0 Å². The second-order valence-electron chi connectivity index (χ2n) is 2.83. The molecule has 0 aliphatic heterocycles. The van der Waals surface area contributed by atoms with E-state index in [4.69, 9.17) is 5.11 Å². The molecule has 0 saturated heterocycles. The molecule has 72 valence electrons. The lowest BCUT2D eigenvalue weighted by atomic mass is 10.4. The molecule has 4 heteroatoms. The highest BCUT2D eigenvalue weighted by Gasteiger charge is 1.99. The smallest absolute Gasteiger partial charge is 0.233 e. The van der Waals surface area contributed by atoms with Gasteiger partial charge in [0.2, 0.25) is 5.91 Å². The van der Waals surface area contributed by atoms with Crippen molar-refractivity contribution in [1.82, 2.24) is 10.6 Å². The van der Waals surface area contributed by atoms with Gasteiger partial charge in [0.05, 0.1) is 12.6 Å². The Morgan fingerprint density at radius 2 is 2.25 bits per heavy atom. The average molecular weight is 174 g/mol. The molecule has 0 saturated carbocycles. The van der Waals surface area contributed by atoms with E-state index in [0.717, 1.165) is 13.0 Å². The van der Waals surface area contributed by atoms with Crippen LogP contribution < -0.4 is 10.6 Å². The molecule has 0 aliphatic rings. The van der Waals surface area contributed by atoms with E-state index in [0.29, 0.717) is 6.54 Å². The minimum Gasteiger partial charge on any atom is -0.392 e. The Morgan fingerprint density at radius 3 is 2.75 bits per heavy atom. The standard InChI is InChI=1S/C8H18N2O2/c1-3-4-10-8(12)6-9-5-7(2)11/h7,9,11H,3-6H2,1-2H3,(H,10,12). The summed E-state index contributed by atoms with van der Waals surface area (Å²) in [5.74, 6) is -0.0162. The first-order valence-electron chi connectivity index (χ1n) is 4.32. The van der Waals surface area contributed by atoms with Crippen molar-refractivity contribution in [2.24, 2.45) is 0 Å². The van der Waals surface area contributed by atoms with E-state index in [-0.39, 0.29) is 12.5 Å².